The lowest BCUT2D eigenvalue weighted by Crippen LogP contribution is -2.04. The Morgan fingerprint density at radius 1 is 0.476 bits per heavy atom. The van der Waals surface area contributed by atoms with E-state index in [2.05, 4.69) is 0 Å². The number of rotatable bonds is 2. The molecule has 0 N–H and O–H groups in total. The molecule has 0 spiro atoms. The van der Waals surface area contributed by atoms with E-state index >= 15 is 0 Å². The highest BCUT2D eigenvalue weighted by Gasteiger charge is 2.33. The van der Waals surface area contributed by atoms with E-state index in [0.29, 0.717) is 22.3 Å². The molecule has 0 unspecified atom stereocenters. The monoisotopic (exact) mass is 566 g/mol. The van der Waals surface area contributed by atoms with Crippen LogP contribution < -0.4 is 0 Å². The summed E-state index contributed by atoms with van der Waals surface area (Å²) in [6.45, 7) is 0. The zero-order valence-corrected chi connectivity index (χ0v) is 21.0. The first kappa shape index (κ1) is 27.7. The summed E-state index contributed by atoms with van der Waals surface area (Å²) in [7, 11) is 0. The number of halogens is 6. The minimum atomic E-state index is -4.57. The van der Waals surface area contributed by atoms with Crippen molar-refractivity contribution in [3.05, 3.63) is 112 Å². The standard InChI is InChI=1S/C32H12F6N4/c33-31(34,35)22-5-1-17(2-6-22)24-11-28-26(9-19(24)13-39)27-10-20(14-40)25(12-29(27)30(28)21(15-41)16-42)18-3-7-23(8-4-18)32(36,37)38/h1-12H. The molecule has 0 aromatic heterocycles. The molecule has 1 aliphatic rings. The van der Waals surface area contributed by atoms with Gasteiger partial charge in [-0.2, -0.15) is 47.4 Å². The van der Waals surface area contributed by atoms with Gasteiger partial charge in [-0.05, 0) is 81.9 Å². The highest BCUT2D eigenvalue weighted by molar-refractivity contribution is 6.07. The Kier molecular flexibility index (Phi) is 6.58. The average Bonchev–Trinajstić information content (AvgIpc) is 3.28. The lowest BCUT2D eigenvalue weighted by atomic mass is 9.91. The largest absolute Gasteiger partial charge is 0.416 e. The van der Waals surface area contributed by atoms with Crippen LogP contribution in [0.15, 0.2) is 78.4 Å². The fourth-order valence-corrected chi connectivity index (χ4v) is 4.95. The molecule has 4 aromatic carbocycles. The summed E-state index contributed by atoms with van der Waals surface area (Å²) >= 11 is 0. The van der Waals surface area contributed by atoms with Crippen molar-refractivity contribution in [2.75, 3.05) is 0 Å². The van der Waals surface area contributed by atoms with Crippen LogP contribution in [0.25, 0.3) is 39.0 Å². The quantitative estimate of drug-likeness (QED) is 0.158. The summed E-state index contributed by atoms with van der Waals surface area (Å²) in [6.07, 6.45) is -9.13. The first-order valence-electron chi connectivity index (χ1n) is 12.0. The first-order valence-corrected chi connectivity index (χ1v) is 12.0. The van der Waals surface area contributed by atoms with Gasteiger partial charge in [0.1, 0.15) is 17.7 Å². The Morgan fingerprint density at radius 3 is 1.12 bits per heavy atom. The number of nitriles is 4. The SMILES string of the molecule is N#CC(C#N)=C1c2cc(-c3ccc(C(F)(F)F)cc3)c(C#N)cc2-c2cc(C#N)c(-c3ccc(C(F)(F)F)cc3)cc21. The lowest BCUT2D eigenvalue weighted by Gasteiger charge is -2.11. The molecule has 4 aromatic rings. The Hall–Kier alpha value is -5.84. The van der Waals surface area contributed by atoms with Gasteiger partial charge in [-0.25, -0.2) is 0 Å². The van der Waals surface area contributed by atoms with Crippen molar-refractivity contribution in [2.45, 2.75) is 12.4 Å². The molecule has 4 nitrogen and oxygen atoms in total. The average molecular weight is 566 g/mol. The molecule has 0 bridgehead atoms. The van der Waals surface area contributed by atoms with Crippen LogP contribution in [0.3, 0.4) is 0 Å². The minimum Gasteiger partial charge on any atom is -0.192 e. The Morgan fingerprint density at radius 2 is 0.833 bits per heavy atom. The number of allylic oxidation sites excluding steroid dienone is 1. The molecule has 10 heteroatoms. The maximum Gasteiger partial charge on any atom is 0.416 e. The molecule has 0 fully saturated rings. The zero-order valence-electron chi connectivity index (χ0n) is 21.0. The van der Waals surface area contributed by atoms with Gasteiger partial charge in [0, 0.05) is 16.7 Å². The van der Waals surface area contributed by atoms with Crippen LogP contribution in [0.2, 0.25) is 0 Å². The van der Waals surface area contributed by atoms with Crippen molar-refractivity contribution < 1.29 is 26.3 Å². The van der Waals surface area contributed by atoms with Gasteiger partial charge in [0.15, 0.2) is 0 Å². The third kappa shape index (κ3) is 4.62. The van der Waals surface area contributed by atoms with E-state index in [-0.39, 0.29) is 44.5 Å². The number of benzene rings is 4. The van der Waals surface area contributed by atoms with Crippen molar-refractivity contribution >= 4 is 5.57 Å². The molecule has 0 amide bonds. The third-order valence-corrected chi connectivity index (χ3v) is 6.91. The minimum absolute atomic E-state index is 0.0986. The van der Waals surface area contributed by atoms with E-state index in [4.69, 9.17) is 0 Å². The Balaban J connectivity index is 1.75. The van der Waals surface area contributed by atoms with Crippen LogP contribution in [-0.4, -0.2) is 0 Å². The van der Waals surface area contributed by atoms with E-state index in [0.717, 1.165) is 24.3 Å². The van der Waals surface area contributed by atoms with E-state index in [1.54, 1.807) is 0 Å². The smallest absolute Gasteiger partial charge is 0.192 e. The summed E-state index contributed by atoms with van der Waals surface area (Å²) in [4.78, 5) is 0. The number of nitrogens with zero attached hydrogens (tertiary/aromatic N) is 4. The molecular formula is C32H12F6N4. The zero-order chi connectivity index (χ0) is 30.4. The molecular weight excluding hydrogens is 554 g/mol. The maximum absolute atomic E-state index is 13.1. The Bertz CT molecular complexity index is 1830. The van der Waals surface area contributed by atoms with Crippen LogP contribution in [-0.2, 0) is 12.4 Å². The van der Waals surface area contributed by atoms with Crippen LogP contribution in [0.1, 0.15) is 33.4 Å². The molecule has 0 aliphatic heterocycles. The predicted molar refractivity (Wildman–Crippen MR) is 139 cm³/mol. The van der Waals surface area contributed by atoms with Gasteiger partial charge < -0.3 is 0 Å². The predicted octanol–water partition coefficient (Wildman–Crippen LogP) is 8.63. The van der Waals surface area contributed by atoms with E-state index in [1.807, 2.05) is 24.3 Å². The third-order valence-electron chi connectivity index (χ3n) is 6.91. The lowest BCUT2D eigenvalue weighted by molar-refractivity contribution is -0.138. The molecule has 5 rings (SSSR count). The maximum atomic E-state index is 13.1. The second-order valence-electron chi connectivity index (χ2n) is 9.23. The fourth-order valence-electron chi connectivity index (χ4n) is 4.95. The highest BCUT2D eigenvalue weighted by atomic mass is 19.4. The molecule has 42 heavy (non-hydrogen) atoms. The summed E-state index contributed by atoms with van der Waals surface area (Å²) in [5.74, 6) is 0. The van der Waals surface area contributed by atoms with Gasteiger partial charge in [0.25, 0.3) is 0 Å². The second-order valence-corrected chi connectivity index (χ2v) is 9.23. The Labute approximate surface area is 234 Å². The fraction of sp³-hybridized carbons (Fsp3) is 0.0625. The van der Waals surface area contributed by atoms with Gasteiger partial charge in [-0.15, -0.1) is 0 Å². The molecule has 0 atom stereocenters. The second kappa shape index (κ2) is 9.97. The van der Waals surface area contributed by atoms with E-state index in [9.17, 15) is 47.4 Å². The molecule has 1 aliphatic carbocycles. The summed E-state index contributed by atoms with van der Waals surface area (Å²) in [5, 5.41) is 39.4. The molecule has 0 heterocycles. The van der Waals surface area contributed by atoms with Gasteiger partial charge >= 0.3 is 12.4 Å². The number of hydrogen-bond acceptors (Lipinski definition) is 4. The topological polar surface area (TPSA) is 95.2 Å². The van der Waals surface area contributed by atoms with Gasteiger partial charge in [-0.3, -0.25) is 0 Å². The molecule has 0 saturated carbocycles. The van der Waals surface area contributed by atoms with Crippen molar-refractivity contribution in [3.8, 4) is 57.7 Å². The van der Waals surface area contributed by atoms with Gasteiger partial charge in [0.2, 0.25) is 0 Å². The van der Waals surface area contributed by atoms with E-state index in [1.165, 1.54) is 48.5 Å². The van der Waals surface area contributed by atoms with Gasteiger partial charge in [0.05, 0.1) is 34.4 Å². The van der Waals surface area contributed by atoms with E-state index < -0.39 is 23.5 Å². The number of hydrogen-bond donors (Lipinski definition) is 0. The van der Waals surface area contributed by atoms with Crippen LogP contribution >= 0.6 is 0 Å². The molecule has 0 saturated heterocycles. The van der Waals surface area contributed by atoms with Crippen molar-refractivity contribution in [1.82, 2.24) is 0 Å². The van der Waals surface area contributed by atoms with Crippen molar-refractivity contribution in [1.29, 1.82) is 21.0 Å². The normalized spacial score (nSPS) is 11.9. The van der Waals surface area contributed by atoms with Crippen molar-refractivity contribution in [2.24, 2.45) is 0 Å². The summed E-state index contributed by atoms with van der Waals surface area (Å²) in [5.41, 5.74) is 0.886. The van der Waals surface area contributed by atoms with Gasteiger partial charge in [-0.1, -0.05) is 24.3 Å². The number of alkyl halides is 6. The summed E-state index contributed by atoms with van der Waals surface area (Å²) in [6, 6.07) is 22.0. The van der Waals surface area contributed by atoms with Crippen LogP contribution in [0.4, 0.5) is 26.3 Å². The van der Waals surface area contributed by atoms with Crippen LogP contribution in [0, 0.1) is 45.3 Å². The summed E-state index contributed by atoms with van der Waals surface area (Å²) < 4.78 is 78.7. The first-order chi connectivity index (χ1) is 19.9. The number of fused-ring (bicyclic) bond motifs is 3. The molecule has 0 radical (unpaired) electrons. The van der Waals surface area contributed by atoms with Crippen molar-refractivity contribution in [3.63, 3.8) is 0 Å². The molecule has 202 valence electrons. The van der Waals surface area contributed by atoms with Crippen LogP contribution in [0.5, 0.6) is 0 Å². The highest BCUT2D eigenvalue weighted by Crippen LogP contribution is 2.50.